The van der Waals surface area contributed by atoms with Gasteiger partial charge in [0.2, 0.25) is 0 Å². The Labute approximate surface area is 487 Å². The maximum atomic E-state index is 13.6. The fourth-order valence-electron chi connectivity index (χ4n) is 10.6. The molecule has 0 bridgehead atoms. The molecular weight excluding hydrogens is 1100 g/mol. The van der Waals surface area contributed by atoms with Gasteiger partial charge in [-0.15, -0.1) is 0 Å². The molecule has 5 fully saturated rings. The monoisotopic (exact) mass is 1170 g/mol. The molecule has 5 aliphatic rings. The highest BCUT2D eigenvalue weighted by molar-refractivity contribution is 5.95. The molecule has 0 aromatic heterocycles. The van der Waals surface area contributed by atoms with Crippen LogP contribution in [-0.2, 0) is 76.3 Å². The molecule has 456 valence electrons. The molecule has 84 heavy (non-hydrogen) atoms. The first-order valence-electron chi connectivity index (χ1n) is 29.3. The lowest BCUT2D eigenvalue weighted by Gasteiger charge is -2.26. The van der Waals surface area contributed by atoms with Crippen molar-refractivity contribution in [3.63, 3.8) is 0 Å². The lowest BCUT2D eigenvalue weighted by molar-refractivity contribution is -0.152. The van der Waals surface area contributed by atoms with E-state index in [9.17, 15) is 47.9 Å². The second-order valence-corrected chi connectivity index (χ2v) is 21.6. The molecule has 3 aliphatic carbocycles. The van der Waals surface area contributed by atoms with E-state index in [1.807, 2.05) is 0 Å². The van der Waals surface area contributed by atoms with Crippen LogP contribution < -0.4 is 18.9 Å². The van der Waals surface area contributed by atoms with E-state index >= 15 is 0 Å². The third-order valence-electron chi connectivity index (χ3n) is 15.6. The molecule has 0 radical (unpaired) electrons. The number of unbranched alkanes of at least 4 members (excludes halogenated alkanes) is 2. The topological polar surface area (TPSA) is 281 Å². The third kappa shape index (κ3) is 19.8. The zero-order valence-electron chi connectivity index (χ0n) is 47.4. The van der Waals surface area contributed by atoms with Gasteiger partial charge in [0, 0.05) is 25.4 Å². The normalized spacial score (nSPS) is 22.9. The van der Waals surface area contributed by atoms with E-state index in [4.69, 9.17) is 56.8 Å². The minimum atomic E-state index is -0.818. The molecule has 0 amide bonds. The van der Waals surface area contributed by atoms with E-state index in [1.54, 1.807) is 0 Å². The molecule has 22 heteroatoms. The molecular formula is C62H76O22. The molecule has 2 unspecified atom stereocenters. The van der Waals surface area contributed by atoms with Crippen LogP contribution in [0.2, 0.25) is 0 Å². The summed E-state index contributed by atoms with van der Waals surface area (Å²) >= 11 is 0. The lowest BCUT2D eigenvalue weighted by Crippen LogP contribution is -2.31. The molecule has 2 heterocycles. The Morgan fingerprint density at radius 3 is 1.01 bits per heavy atom. The summed E-state index contributed by atoms with van der Waals surface area (Å²) in [6.07, 6.45) is 10.7. The summed E-state index contributed by atoms with van der Waals surface area (Å²) in [6.45, 7) is 8.40. The van der Waals surface area contributed by atoms with Gasteiger partial charge < -0.3 is 56.8 Å². The summed E-state index contributed by atoms with van der Waals surface area (Å²) in [5.41, 5.74) is -0.286. The van der Waals surface area contributed by atoms with E-state index in [1.165, 1.54) is 36.4 Å². The standard InChI is InChI=1S/C62H76O22/c1-3-53(63)75-29-5-7-31-77-55(65)39-13-17-43(18-14-39)59(69)83-51-27-25-45(35-49(51)61(71)79-37-47-11-9-33-73-47)81-57(67)41-21-23-42(24-22-41)58(68)82-46-26-28-52(50(36-46)62(72)80-38-48-12-10-34-74-48)84-60(70)44-19-15-40(16-20-44)56(66)78-32-8-6-30-76-54(64)4-2/h3-4,25-28,35-36,39-44,47-48H,1-2,5-24,29-34,37-38H2. The minimum absolute atomic E-state index is 0.00183. The van der Waals surface area contributed by atoms with Crippen LogP contribution in [0.4, 0.5) is 0 Å². The molecule has 3 saturated carbocycles. The molecule has 2 aromatic carbocycles. The SMILES string of the molecule is C=CC(=O)OCCCCOC(=O)C1CCC(C(=O)Oc2ccc(OC(=O)C3CCC(C(=O)Oc4ccc(OC(=O)C5CCC(C(=O)OCCCCOC(=O)C=C)CC5)c(C(=O)OCC5CCCO5)c4)CC3)cc2C(=O)OCC2CCCO2)CC1. The third-order valence-corrected chi connectivity index (χ3v) is 15.6. The van der Waals surface area contributed by atoms with Gasteiger partial charge in [0.05, 0.1) is 74.1 Å². The highest BCUT2D eigenvalue weighted by Crippen LogP contribution is 2.37. The van der Waals surface area contributed by atoms with Crippen molar-refractivity contribution in [1.29, 1.82) is 0 Å². The Bertz CT molecular complexity index is 2460. The number of carbonyl (C=O) groups excluding carboxylic acids is 10. The van der Waals surface area contributed by atoms with E-state index in [0.717, 1.165) is 25.0 Å². The quantitative estimate of drug-likeness (QED) is 0.0255. The van der Waals surface area contributed by atoms with Crippen molar-refractivity contribution in [2.45, 2.75) is 141 Å². The van der Waals surface area contributed by atoms with Crippen LogP contribution in [0.5, 0.6) is 23.0 Å². The van der Waals surface area contributed by atoms with Crippen molar-refractivity contribution >= 4 is 59.7 Å². The molecule has 7 rings (SSSR count). The van der Waals surface area contributed by atoms with Crippen LogP contribution >= 0.6 is 0 Å². The van der Waals surface area contributed by atoms with Crippen molar-refractivity contribution in [2.24, 2.45) is 35.5 Å². The van der Waals surface area contributed by atoms with Gasteiger partial charge in [-0.1, -0.05) is 13.2 Å². The highest BCUT2D eigenvalue weighted by Gasteiger charge is 2.37. The summed E-state index contributed by atoms with van der Waals surface area (Å²) < 4.78 is 66.2. The largest absolute Gasteiger partial charge is 0.465 e. The number of ether oxygens (including phenoxy) is 12. The van der Waals surface area contributed by atoms with Crippen LogP contribution in [-0.4, -0.2) is 125 Å². The van der Waals surface area contributed by atoms with Crippen molar-refractivity contribution in [3.8, 4) is 23.0 Å². The number of esters is 10. The van der Waals surface area contributed by atoms with Gasteiger partial charge in [-0.2, -0.15) is 0 Å². The van der Waals surface area contributed by atoms with Crippen molar-refractivity contribution in [1.82, 2.24) is 0 Å². The fourth-order valence-corrected chi connectivity index (χ4v) is 10.6. The van der Waals surface area contributed by atoms with Crippen molar-refractivity contribution in [2.75, 3.05) is 52.9 Å². The van der Waals surface area contributed by atoms with Gasteiger partial charge in [0.15, 0.2) is 0 Å². The van der Waals surface area contributed by atoms with Crippen molar-refractivity contribution < 1.29 is 105 Å². The molecule has 2 atom stereocenters. The smallest absolute Gasteiger partial charge is 0.342 e. The summed E-state index contributed by atoms with van der Waals surface area (Å²) in [4.78, 5) is 129. The molecule has 2 saturated heterocycles. The van der Waals surface area contributed by atoms with Crippen molar-refractivity contribution in [3.05, 3.63) is 72.8 Å². The molecule has 2 aliphatic heterocycles. The predicted molar refractivity (Wildman–Crippen MR) is 293 cm³/mol. The minimum Gasteiger partial charge on any atom is -0.465 e. The zero-order valence-corrected chi connectivity index (χ0v) is 47.4. The Kier molecular flexibility index (Phi) is 25.3. The van der Waals surface area contributed by atoms with E-state index in [-0.39, 0.29) is 124 Å². The number of carbonyl (C=O) groups is 10. The van der Waals surface area contributed by atoms with Crippen LogP contribution in [0.3, 0.4) is 0 Å². The van der Waals surface area contributed by atoms with Crippen LogP contribution in [0, 0.1) is 35.5 Å². The number of benzene rings is 2. The zero-order chi connectivity index (χ0) is 59.8. The van der Waals surface area contributed by atoms with Crippen LogP contribution in [0.1, 0.15) is 149 Å². The van der Waals surface area contributed by atoms with Gasteiger partial charge >= 0.3 is 59.7 Å². The predicted octanol–water partition coefficient (Wildman–Crippen LogP) is 8.20. The van der Waals surface area contributed by atoms with Gasteiger partial charge in [-0.3, -0.25) is 28.8 Å². The maximum absolute atomic E-state index is 13.6. The van der Waals surface area contributed by atoms with Crippen LogP contribution in [0.25, 0.3) is 0 Å². The summed E-state index contributed by atoms with van der Waals surface area (Å²) in [5, 5.41) is 0. The Morgan fingerprint density at radius 1 is 0.393 bits per heavy atom. The van der Waals surface area contributed by atoms with Gasteiger partial charge in [0.25, 0.3) is 0 Å². The number of hydrogen-bond donors (Lipinski definition) is 0. The second kappa shape index (κ2) is 33.1. The second-order valence-electron chi connectivity index (χ2n) is 21.6. The summed E-state index contributed by atoms with van der Waals surface area (Å²) in [6, 6.07) is 8.09. The van der Waals surface area contributed by atoms with Crippen LogP contribution in [0.15, 0.2) is 61.7 Å². The Balaban J connectivity index is 0.894. The van der Waals surface area contributed by atoms with Gasteiger partial charge in [-0.25, -0.2) is 19.2 Å². The van der Waals surface area contributed by atoms with E-state index in [0.29, 0.717) is 103 Å². The Hall–Kier alpha value is -7.46. The maximum Gasteiger partial charge on any atom is 0.342 e. The first-order chi connectivity index (χ1) is 40.7. The lowest BCUT2D eigenvalue weighted by atomic mass is 9.82. The molecule has 0 spiro atoms. The Morgan fingerprint density at radius 2 is 0.702 bits per heavy atom. The fraction of sp³-hybridized carbons (Fsp3) is 0.581. The number of rotatable bonds is 28. The van der Waals surface area contributed by atoms with E-state index in [2.05, 4.69) is 13.2 Å². The molecule has 22 nitrogen and oxygen atoms in total. The molecule has 0 N–H and O–H groups in total. The first kappa shape index (κ1) is 64.1. The average molecular weight is 1170 g/mol. The first-order valence-corrected chi connectivity index (χ1v) is 29.3. The van der Waals surface area contributed by atoms with Gasteiger partial charge in [0.1, 0.15) is 47.3 Å². The summed E-state index contributed by atoms with van der Waals surface area (Å²) in [7, 11) is 0. The van der Waals surface area contributed by atoms with Gasteiger partial charge in [-0.05, 0) is 165 Å². The van der Waals surface area contributed by atoms with E-state index < -0.39 is 83.3 Å². The number of hydrogen-bond acceptors (Lipinski definition) is 22. The highest BCUT2D eigenvalue weighted by atomic mass is 16.6. The summed E-state index contributed by atoms with van der Waals surface area (Å²) in [5.74, 6) is -9.14. The average Bonchev–Trinajstić information content (AvgIpc) is 4.30. The molecule has 2 aromatic rings.